The van der Waals surface area contributed by atoms with Gasteiger partial charge in [0.15, 0.2) is 0 Å². The summed E-state index contributed by atoms with van der Waals surface area (Å²) in [6.45, 7) is 12.8. The van der Waals surface area contributed by atoms with E-state index in [0.717, 1.165) is 25.4 Å². The molecule has 0 aromatic carbocycles. The molecule has 0 bridgehead atoms. The summed E-state index contributed by atoms with van der Waals surface area (Å²) in [5.74, 6) is 0.804. The first-order valence-electron chi connectivity index (χ1n) is 7.49. The standard InChI is InChI=1S/C15H32N2O2/c1-13(2)9-6-7-10-16-11-8-12-17-14(18)19-15(3,4)5/h13,16H,6-12H2,1-5H3,(H,17,18). The highest BCUT2D eigenvalue weighted by molar-refractivity contribution is 5.67. The Morgan fingerprint density at radius 1 is 1.05 bits per heavy atom. The van der Waals surface area contributed by atoms with Gasteiger partial charge in [-0.2, -0.15) is 0 Å². The van der Waals surface area contributed by atoms with Crippen molar-refractivity contribution in [3.8, 4) is 0 Å². The summed E-state index contributed by atoms with van der Waals surface area (Å²) in [6, 6.07) is 0. The molecule has 0 aromatic rings. The summed E-state index contributed by atoms with van der Waals surface area (Å²) in [7, 11) is 0. The van der Waals surface area contributed by atoms with Gasteiger partial charge in [-0.1, -0.05) is 26.7 Å². The van der Waals surface area contributed by atoms with Gasteiger partial charge in [0.05, 0.1) is 0 Å². The zero-order chi connectivity index (χ0) is 14.7. The molecule has 0 rings (SSSR count). The number of unbranched alkanes of at least 4 members (excludes halogenated alkanes) is 1. The van der Waals surface area contributed by atoms with Crippen LogP contribution in [-0.4, -0.2) is 31.3 Å². The van der Waals surface area contributed by atoms with Gasteiger partial charge in [-0.15, -0.1) is 0 Å². The maximum atomic E-state index is 11.3. The molecule has 0 fully saturated rings. The molecule has 19 heavy (non-hydrogen) atoms. The highest BCUT2D eigenvalue weighted by atomic mass is 16.6. The second-order valence-corrected chi connectivity index (χ2v) is 6.42. The fourth-order valence-electron chi connectivity index (χ4n) is 1.65. The van der Waals surface area contributed by atoms with Gasteiger partial charge < -0.3 is 15.4 Å². The predicted octanol–water partition coefficient (Wildman–Crippen LogP) is 3.32. The maximum absolute atomic E-state index is 11.3. The zero-order valence-electron chi connectivity index (χ0n) is 13.3. The van der Waals surface area contributed by atoms with Crippen molar-refractivity contribution in [2.24, 2.45) is 5.92 Å². The van der Waals surface area contributed by atoms with Crippen LogP contribution in [-0.2, 0) is 4.74 Å². The van der Waals surface area contributed by atoms with Gasteiger partial charge in [0.2, 0.25) is 0 Å². The number of nitrogens with one attached hydrogen (secondary N) is 2. The van der Waals surface area contributed by atoms with Crippen molar-refractivity contribution in [3.05, 3.63) is 0 Å². The molecule has 0 atom stereocenters. The minimum absolute atomic E-state index is 0.329. The zero-order valence-corrected chi connectivity index (χ0v) is 13.3. The van der Waals surface area contributed by atoms with Gasteiger partial charge in [0, 0.05) is 6.54 Å². The summed E-state index contributed by atoms with van der Waals surface area (Å²) in [5, 5.41) is 6.14. The highest BCUT2D eigenvalue weighted by Gasteiger charge is 2.15. The van der Waals surface area contributed by atoms with Crippen molar-refractivity contribution in [2.75, 3.05) is 19.6 Å². The summed E-state index contributed by atoms with van der Waals surface area (Å²) < 4.78 is 5.15. The summed E-state index contributed by atoms with van der Waals surface area (Å²) in [5.41, 5.74) is -0.418. The Morgan fingerprint density at radius 2 is 1.68 bits per heavy atom. The monoisotopic (exact) mass is 272 g/mol. The van der Waals surface area contributed by atoms with Crippen LogP contribution in [0.3, 0.4) is 0 Å². The van der Waals surface area contributed by atoms with E-state index in [1.165, 1.54) is 19.3 Å². The maximum Gasteiger partial charge on any atom is 0.407 e. The Bertz CT molecular complexity index is 235. The van der Waals surface area contributed by atoms with E-state index in [2.05, 4.69) is 24.5 Å². The molecule has 0 aliphatic heterocycles. The second-order valence-electron chi connectivity index (χ2n) is 6.42. The lowest BCUT2D eigenvalue weighted by molar-refractivity contribution is 0.0527. The van der Waals surface area contributed by atoms with Crippen molar-refractivity contribution in [1.29, 1.82) is 0 Å². The topological polar surface area (TPSA) is 50.4 Å². The molecule has 0 aliphatic rings. The molecule has 1 amide bonds. The van der Waals surface area contributed by atoms with Crippen LogP contribution in [0.15, 0.2) is 0 Å². The number of hydrogen-bond donors (Lipinski definition) is 2. The Labute approximate surface area is 118 Å². The molecule has 4 heteroatoms. The SMILES string of the molecule is CC(C)CCCCNCCCNC(=O)OC(C)(C)C. The van der Waals surface area contributed by atoms with Crippen LogP contribution in [0.5, 0.6) is 0 Å². The molecule has 0 saturated carbocycles. The Hall–Kier alpha value is -0.770. The third-order valence-corrected chi connectivity index (χ3v) is 2.58. The lowest BCUT2D eigenvalue weighted by Gasteiger charge is -2.19. The number of carbonyl (C=O) groups is 1. The van der Waals surface area contributed by atoms with Crippen LogP contribution in [0.25, 0.3) is 0 Å². The number of ether oxygens (including phenoxy) is 1. The smallest absolute Gasteiger partial charge is 0.407 e. The first-order chi connectivity index (χ1) is 8.81. The van der Waals surface area contributed by atoms with Gasteiger partial charge >= 0.3 is 6.09 Å². The predicted molar refractivity (Wildman–Crippen MR) is 80.4 cm³/mol. The van der Waals surface area contributed by atoms with E-state index in [-0.39, 0.29) is 6.09 Å². The van der Waals surface area contributed by atoms with Crippen LogP contribution in [0.1, 0.15) is 60.3 Å². The second kappa shape index (κ2) is 10.1. The Kier molecular flexibility index (Phi) is 9.66. The van der Waals surface area contributed by atoms with E-state index in [1.807, 2.05) is 20.8 Å². The van der Waals surface area contributed by atoms with Gasteiger partial charge in [0.1, 0.15) is 5.60 Å². The quantitative estimate of drug-likeness (QED) is 0.633. The summed E-state index contributed by atoms with van der Waals surface area (Å²) in [6.07, 6.45) is 4.44. The van der Waals surface area contributed by atoms with Gasteiger partial charge in [-0.05, 0) is 52.6 Å². The fourth-order valence-corrected chi connectivity index (χ4v) is 1.65. The lowest BCUT2D eigenvalue weighted by Crippen LogP contribution is -2.34. The Balaban J connectivity index is 3.25. The molecule has 0 aromatic heterocycles. The molecule has 0 spiro atoms. The van der Waals surface area contributed by atoms with Crippen molar-refractivity contribution in [1.82, 2.24) is 10.6 Å². The van der Waals surface area contributed by atoms with E-state index >= 15 is 0 Å². The van der Waals surface area contributed by atoms with Crippen LogP contribution in [0.2, 0.25) is 0 Å². The first kappa shape index (κ1) is 18.2. The summed E-state index contributed by atoms with van der Waals surface area (Å²) >= 11 is 0. The van der Waals surface area contributed by atoms with Crippen LogP contribution < -0.4 is 10.6 Å². The van der Waals surface area contributed by atoms with E-state index in [1.54, 1.807) is 0 Å². The Morgan fingerprint density at radius 3 is 2.26 bits per heavy atom. The van der Waals surface area contributed by atoms with E-state index in [0.29, 0.717) is 6.54 Å². The minimum atomic E-state index is -0.418. The highest BCUT2D eigenvalue weighted by Crippen LogP contribution is 2.06. The molecule has 4 nitrogen and oxygen atoms in total. The number of rotatable bonds is 9. The third kappa shape index (κ3) is 15.2. The van der Waals surface area contributed by atoms with Crippen molar-refractivity contribution in [3.63, 3.8) is 0 Å². The summed E-state index contributed by atoms with van der Waals surface area (Å²) in [4.78, 5) is 11.3. The number of amides is 1. The van der Waals surface area contributed by atoms with Crippen LogP contribution in [0, 0.1) is 5.92 Å². The fraction of sp³-hybridized carbons (Fsp3) is 0.933. The van der Waals surface area contributed by atoms with Crippen molar-refractivity contribution < 1.29 is 9.53 Å². The number of alkyl carbamates (subject to hydrolysis) is 1. The largest absolute Gasteiger partial charge is 0.444 e. The first-order valence-corrected chi connectivity index (χ1v) is 7.49. The molecular weight excluding hydrogens is 240 g/mol. The van der Waals surface area contributed by atoms with Crippen molar-refractivity contribution in [2.45, 2.75) is 65.9 Å². The van der Waals surface area contributed by atoms with Crippen LogP contribution in [0.4, 0.5) is 4.79 Å². The van der Waals surface area contributed by atoms with Gasteiger partial charge in [-0.3, -0.25) is 0 Å². The molecular formula is C15H32N2O2. The minimum Gasteiger partial charge on any atom is -0.444 e. The lowest BCUT2D eigenvalue weighted by atomic mass is 10.1. The van der Waals surface area contributed by atoms with E-state index in [9.17, 15) is 4.79 Å². The average molecular weight is 272 g/mol. The molecule has 0 saturated heterocycles. The normalized spacial score (nSPS) is 11.7. The number of carbonyl (C=O) groups excluding carboxylic acids is 1. The van der Waals surface area contributed by atoms with Crippen LogP contribution >= 0.6 is 0 Å². The molecule has 0 heterocycles. The molecule has 0 unspecified atom stereocenters. The number of hydrogen-bond acceptors (Lipinski definition) is 3. The molecule has 0 radical (unpaired) electrons. The third-order valence-electron chi connectivity index (χ3n) is 2.58. The molecule has 2 N–H and O–H groups in total. The van der Waals surface area contributed by atoms with Gasteiger partial charge in [0.25, 0.3) is 0 Å². The van der Waals surface area contributed by atoms with Gasteiger partial charge in [-0.25, -0.2) is 4.79 Å². The average Bonchev–Trinajstić information content (AvgIpc) is 2.24. The van der Waals surface area contributed by atoms with Crippen molar-refractivity contribution >= 4 is 6.09 Å². The van der Waals surface area contributed by atoms with E-state index in [4.69, 9.17) is 4.74 Å². The molecule has 114 valence electrons. The molecule has 0 aliphatic carbocycles. The van der Waals surface area contributed by atoms with E-state index < -0.39 is 5.60 Å².